The lowest BCUT2D eigenvalue weighted by atomic mass is 10.1. The van der Waals surface area contributed by atoms with Crippen LogP contribution in [0.1, 0.15) is 6.42 Å². The van der Waals surface area contributed by atoms with Gasteiger partial charge in [-0.2, -0.15) is 0 Å². The van der Waals surface area contributed by atoms with Crippen LogP contribution in [0.3, 0.4) is 0 Å². The third-order valence-electron chi connectivity index (χ3n) is 2.19. The fourth-order valence-electron chi connectivity index (χ4n) is 1.31. The molecule has 1 atom stereocenters. The van der Waals surface area contributed by atoms with E-state index in [1.54, 1.807) is 0 Å². The molecule has 0 aliphatic carbocycles. The van der Waals surface area contributed by atoms with Gasteiger partial charge in [-0.15, -0.1) is 0 Å². The standard InChI is InChI=1S/C11H16N2O2/c12-7-6-9(11(14)15)8-13-10-4-2-1-3-5-10/h1-5,9,13H,6-8,12H2,(H,14,15). The lowest BCUT2D eigenvalue weighted by molar-refractivity contribution is -0.141. The molecule has 0 amide bonds. The number of aliphatic carboxylic acids is 1. The molecular weight excluding hydrogens is 192 g/mol. The van der Waals surface area contributed by atoms with E-state index in [1.165, 1.54) is 0 Å². The first kappa shape index (κ1) is 11.5. The van der Waals surface area contributed by atoms with Crippen molar-refractivity contribution in [3.05, 3.63) is 30.3 Å². The quantitative estimate of drug-likeness (QED) is 0.655. The molecule has 82 valence electrons. The van der Waals surface area contributed by atoms with E-state index in [9.17, 15) is 4.79 Å². The average Bonchev–Trinajstić information content (AvgIpc) is 2.25. The number of rotatable bonds is 6. The van der Waals surface area contributed by atoms with Crippen LogP contribution < -0.4 is 11.1 Å². The van der Waals surface area contributed by atoms with Gasteiger partial charge >= 0.3 is 5.97 Å². The second-order valence-electron chi connectivity index (χ2n) is 3.36. The zero-order chi connectivity index (χ0) is 11.1. The van der Waals surface area contributed by atoms with Crippen molar-refractivity contribution < 1.29 is 9.90 Å². The van der Waals surface area contributed by atoms with Gasteiger partial charge in [-0.25, -0.2) is 0 Å². The van der Waals surface area contributed by atoms with Crippen molar-refractivity contribution in [2.45, 2.75) is 6.42 Å². The van der Waals surface area contributed by atoms with Crippen molar-refractivity contribution in [3.8, 4) is 0 Å². The number of carboxylic acid groups (broad SMARTS) is 1. The van der Waals surface area contributed by atoms with E-state index in [0.29, 0.717) is 19.5 Å². The first-order valence-corrected chi connectivity index (χ1v) is 4.96. The number of carboxylic acids is 1. The molecule has 1 aromatic rings. The van der Waals surface area contributed by atoms with Gasteiger partial charge in [-0.3, -0.25) is 4.79 Å². The molecule has 0 aliphatic rings. The molecule has 1 unspecified atom stereocenters. The molecule has 0 aromatic heterocycles. The second-order valence-corrected chi connectivity index (χ2v) is 3.36. The molecule has 4 N–H and O–H groups in total. The molecule has 0 aliphatic heterocycles. The van der Waals surface area contributed by atoms with Crippen LogP contribution in [-0.4, -0.2) is 24.2 Å². The molecule has 15 heavy (non-hydrogen) atoms. The van der Waals surface area contributed by atoms with Crippen LogP contribution >= 0.6 is 0 Å². The summed E-state index contributed by atoms with van der Waals surface area (Å²) in [6, 6.07) is 9.53. The monoisotopic (exact) mass is 208 g/mol. The second kappa shape index (κ2) is 6.03. The molecule has 0 bridgehead atoms. The fraction of sp³-hybridized carbons (Fsp3) is 0.364. The highest BCUT2D eigenvalue weighted by Crippen LogP contribution is 2.08. The van der Waals surface area contributed by atoms with E-state index in [2.05, 4.69) is 5.32 Å². The Morgan fingerprint density at radius 3 is 2.60 bits per heavy atom. The van der Waals surface area contributed by atoms with Gasteiger partial charge in [0.1, 0.15) is 0 Å². The van der Waals surface area contributed by atoms with Gasteiger partial charge in [-0.05, 0) is 25.1 Å². The number of nitrogens with one attached hydrogen (secondary N) is 1. The summed E-state index contributed by atoms with van der Waals surface area (Å²) >= 11 is 0. The zero-order valence-electron chi connectivity index (χ0n) is 8.52. The van der Waals surface area contributed by atoms with E-state index in [4.69, 9.17) is 10.8 Å². The van der Waals surface area contributed by atoms with E-state index in [1.807, 2.05) is 30.3 Å². The number of hydrogen-bond acceptors (Lipinski definition) is 3. The van der Waals surface area contributed by atoms with Crippen molar-refractivity contribution in [3.63, 3.8) is 0 Å². The number of hydrogen-bond donors (Lipinski definition) is 3. The van der Waals surface area contributed by atoms with Gasteiger partial charge in [0.05, 0.1) is 5.92 Å². The molecule has 0 saturated heterocycles. The van der Waals surface area contributed by atoms with Crippen LogP contribution in [0.2, 0.25) is 0 Å². The summed E-state index contributed by atoms with van der Waals surface area (Å²) in [5, 5.41) is 12.0. The number of anilines is 1. The van der Waals surface area contributed by atoms with E-state index in [0.717, 1.165) is 5.69 Å². The van der Waals surface area contributed by atoms with Crippen LogP contribution in [0.15, 0.2) is 30.3 Å². The SMILES string of the molecule is NCCC(CNc1ccccc1)C(=O)O. The molecule has 0 radical (unpaired) electrons. The first-order valence-electron chi connectivity index (χ1n) is 4.96. The van der Waals surface area contributed by atoms with Crippen molar-refractivity contribution >= 4 is 11.7 Å². The van der Waals surface area contributed by atoms with Gasteiger partial charge < -0.3 is 16.2 Å². The van der Waals surface area contributed by atoms with Crippen molar-refractivity contribution in [2.75, 3.05) is 18.4 Å². The van der Waals surface area contributed by atoms with Crippen LogP contribution in [0.4, 0.5) is 5.69 Å². The maximum absolute atomic E-state index is 10.8. The predicted octanol–water partition coefficient (Wildman–Crippen LogP) is 1.15. The van der Waals surface area contributed by atoms with E-state index < -0.39 is 11.9 Å². The lowest BCUT2D eigenvalue weighted by Gasteiger charge is -2.12. The Kier molecular flexibility index (Phi) is 4.63. The molecule has 1 rings (SSSR count). The highest BCUT2D eigenvalue weighted by atomic mass is 16.4. The summed E-state index contributed by atoms with van der Waals surface area (Å²) in [6.45, 7) is 0.810. The Morgan fingerprint density at radius 2 is 2.07 bits per heavy atom. The molecule has 4 heteroatoms. The number of carbonyl (C=O) groups is 1. The molecule has 0 heterocycles. The first-order chi connectivity index (χ1) is 7.24. The van der Waals surface area contributed by atoms with Gasteiger partial charge in [0.2, 0.25) is 0 Å². The highest BCUT2D eigenvalue weighted by Gasteiger charge is 2.15. The van der Waals surface area contributed by atoms with E-state index in [-0.39, 0.29) is 0 Å². The smallest absolute Gasteiger partial charge is 0.308 e. The minimum Gasteiger partial charge on any atom is -0.481 e. The largest absolute Gasteiger partial charge is 0.481 e. The minimum absolute atomic E-state index is 0.396. The van der Waals surface area contributed by atoms with E-state index >= 15 is 0 Å². The van der Waals surface area contributed by atoms with Crippen LogP contribution in [0.25, 0.3) is 0 Å². The van der Waals surface area contributed by atoms with Gasteiger partial charge in [0, 0.05) is 12.2 Å². The summed E-state index contributed by atoms with van der Waals surface area (Å²) in [4.78, 5) is 10.8. The summed E-state index contributed by atoms with van der Waals surface area (Å²) in [5.41, 5.74) is 6.28. The normalized spacial score (nSPS) is 12.1. The Bertz CT molecular complexity index is 301. The molecular formula is C11H16N2O2. The molecule has 0 fully saturated rings. The van der Waals surface area contributed by atoms with Gasteiger partial charge in [0.25, 0.3) is 0 Å². The molecule has 4 nitrogen and oxygen atoms in total. The number of benzene rings is 1. The highest BCUT2D eigenvalue weighted by molar-refractivity contribution is 5.70. The Labute approximate surface area is 89.1 Å². The summed E-state index contributed by atoms with van der Waals surface area (Å²) < 4.78 is 0. The average molecular weight is 208 g/mol. The number of nitrogens with two attached hydrogens (primary N) is 1. The van der Waals surface area contributed by atoms with Crippen LogP contribution in [-0.2, 0) is 4.79 Å². The lowest BCUT2D eigenvalue weighted by Crippen LogP contribution is -2.25. The predicted molar refractivity (Wildman–Crippen MR) is 59.7 cm³/mol. The Hall–Kier alpha value is -1.55. The molecule has 0 saturated carbocycles. The maximum Gasteiger partial charge on any atom is 0.308 e. The number of para-hydroxylation sites is 1. The fourth-order valence-corrected chi connectivity index (χ4v) is 1.31. The zero-order valence-corrected chi connectivity index (χ0v) is 8.52. The van der Waals surface area contributed by atoms with Gasteiger partial charge in [-0.1, -0.05) is 18.2 Å². The van der Waals surface area contributed by atoms with Crippen molar-refractivity contribution in [2.24, 2.45) is 11.7 Å². The van der Waals surface area contributed by atoms with Crippen molar-refractivity contribution in [1.82, 2.24) is 0 Å². The van der Waals surface area contributed by atoms with Crippen molar-refractivity contribution in [1.29, 1.82) is 0 Å². The third kappa shape index (κ3) is 3.99. The summed E-state index contributed by atoms with van der Waals surface area (Å²) in [7, 11) is 0. The third-order valence-corrected chi connectivity index (χ3v) is 2.19. The topological polar surface area (TPSA) is 75.3 Å². The Morgan fingerprint density at radius 1 is 1.40 bits per heavy atom. The maximum atomic E-state index is 10.8. The summed E-state index contributed by atoms with van der Waals surface area (Å²) in [6.07, 6.45) is 0.495. The van der Waals surface area contributed by atoms with Gasteiger partial charge in [0.15, 0.2) is 0 Å². The Balaban J connectivity index is 2.43. The molecule has 0 spiro atoms. The summed E-state index contributed by atoms with van der Waals surface area (Å²) in [5.74, 6) is -1.22. The molecule has 1 aromatic carbocycles. The minimum atomic E-state index is -0.802. The van der Waals surface area contributed by atoms with Crippen LogP contribution in [0.5, 0.6) is 0 Å². The van der Waals surface area contributed by atoms with Crippen LogP contribution in [0, 0.1) is 5.92 Å².